The van der Waals surface area contributed by atoms with Gasteiger partial charge in [-0.15, -0.1) is 0 Å². The number of imidazole rings is 1. The molecule has 0 bridgehead atoms. The van der Waals surface area contributed by atoms with Gasteiger partial charge in [0.2, 0.25) is 5.91 Å². The number of carbonyl (C=O) groups is 1. The molecule has 2 aromatic heterocycles. The molecule has 0 saturated heterocycles. The van der Waals surface area contributed by atoms with Crippen molar-refractivity contribution in [3.8, 4) is 22.4 Å². The third kappa shape index (κ3) is 6.28. The first kappa shape index (κ1) is 27.8. The maximum absolute atomic E-state index is 14.0. The zero-order valence-electron chi connectivity index (χ0n) is 24.1. The number of nitrogens with zero attached hydrogens (tertiary/aromatic N) is 3. The first-order chi connectivity index (χ1) is 20.0. The van der Waals surface area contributed by atoms with Crippen molar-refractivity contribution in [2.75, 3.05) is 23.9 Å². The van der Waals surface area contributed by atoms with Gasteiger partial charge in [0.05, 0.1) is 36.4 Å². The van der Waals surface area contributed by atoms with Gasteiger partial charge in [-0.3, -0.25) is 4.79 Å². The van der Waals surface area contributed by atoms with Gasteiger partial charge in [-0.2, -0.15) is 5.10 Å². The Morgan fingerprint density at radius 3 is 2.41 bits per heavy atom. The maximum atomic E-state index is 14.0. The van der Waals surface area contributed by atoms with Crippen LogP contribution in [0.15, 0.2) is 60.8 Å². The van der Waals surface area contributed by atoms with Gasteiger partial charge in [0.1, 0.15) is 18.3 Å². The number of hydrogen-bond acceptors (Lipinski definition) is 4. The van der Waals surface area contributed by atoms with Gasteiger partial charge >= 0.3 is 0 Å². The van der Waals surface area contributed by atoms with Gasteiger partial charge in [-0.1, -0.05) is 42.5 Å². The summed E-state index contributed by atoms with van der Waals surface area (Å²) in [6.07, 6.45) is 8.84. The molecule has 6 rings (SSSR count). The smallest absolute Gasteiger partial charge is 0.235 e. The van der Waals surface area contributed by atoms with Crippen LogP contribution in [0.3, 0.4) is 0 Å². The second-order valence-electron chi connectivity index (χ2n) is 11.5. The van der Waals surface area contributed by atoms with E-state index in [1.807, 2.05) is 48.1 Å². The van der Waals surface area contributed by atoms with Crippen LogP contribution in [-0.4, -0.2) is 44.3 Å². The van der Waals surface area contributed by atoms with E-state index in [1.165, 1.54) is 37.4 Å². The molecule has 0 spiro atoms. The van der Waals surface area contributed by atoms with Crippen molar-refractivity contribution in [1.29, 1.82) is 0 Å². The average molecular weight is 571 g/mol. The van der Waals surface area contributed by atoms with Crippen molar-refractivity contribution in [3.05, 3.63) is 78.0 Å². The van der Waals surface area contributed by atoms with Crippen molar-refractivity contribution in [1.82, 2.24) is 19.7 Å². The summed E-state index contributed by atoms with van der Waals surface area (Å²) in [7, 11) is 0. The fourth-order valence-electron chi connectivity index (χ4n) is 6.12. The van der Waals surface area contributed by atoms with E-state index < -0.39 is 0 Å². The first-order valence-electron chi connectivity index (χ1n) is 14.7. The fourth-order valence-corrected chi connectivity index (χ4v) is 6.43. The summed E-state index contributed by atoms with van der Waals surface area (Å²) in [5.74, 6) is 3.09. The number of carbonyl (C=O) groups excluding carboxylic acids is 1. The van der Waals surface area contributed by atoms with Crippen LogP contribution >= 0.6 is 0 Å². The van der Waals surface area contributed by atoms with Crippen LogP contribution < -0.4 is 5.32 Å². The Bertz CT molecular complexity index is 1460. The molecule has 2 saturated carbocycles. The summed E-state index contributed by atoms with van der Waals surface area (Å²) >= 11 is 1.33. The van der Waals surface area contributed by atoms with E-state index in [4.69, 9.17) is 14.8 Å². The third-order valence-electron chi connectivity index (χ3n) is 8.47. The number of amides is 1. The van der Waals surface area contributed by atoms with Gasteiger partial charge in [0.15, 0.2) is 0 Å². The number of hydrogen-bond donors (Lipinski definition) is 2. The van der Waals surface area contributed by atoms with Crippen LogP contribution in [0.2, 0.25) is 0 Å². The Morgan fingerprint density at radius 1 is 1.05 bits per heavy atom. The molecular formula is C33H40N5O2S+. The van der Waals surface area contributed by atoms with E-state index in [0.717, 1.165) is 57.6 Å². The van der Waals surface area contributed by atoms with Crippen LogP contribution in [0.25, 0.3) is 22.4 Å². The highest BCUT2D eigenvalue weighted by Crippen LogP contribution is 2.54. The Morgan fingerprint density at radius 2 is 1.76 bits per heavy atom. The zero-order valence-corrected chi connectivity index (χ0v) is 25.0. The van der Waals surface area contributed by atoms with Crippen LogP contribution in [0, 0.1) is 31.6 Å². The zero-order chi connectivity index (χ0) is 28.3. The Balaban J connectivity index is 1.21. The van der Waals surface area contributed by atoms with E-state index in [0.29, 0.717) is 24.5 Å². The number of ether oxygens (including phenoxy) is 1. The minimum atomic E-state index is -0.290. The number of aryl methyl sites for hydroxylation is 1. The number of thiol groups is 1. The molecule has 2 aliphatic rings. The first-order valence-corrected chi connectivity index (χ1v) is 16.2. The topological polar surface area (TPSA) is 84.8 Å². The minimum absolute atomic E-state index is 0.0271. The quantitative estimate of drug-likeness (QED) is 0.115. The van der Waals surface area contributed by atoms with E-state index >= 15 is 0 Å². The molecule has 0 aliphatic heterocycles. The standard InChI is InChI=1S/C33H39N5O2S/c1-21-29(22(2)38(37-21)20-40-17-18-41-3)24-13-15-27(16-14-24)35-33(39)31(30(25-9-10-25)26-11-12-26)32-34-19-28(36-32)23-7-5-4-6-8-23/h4-8,13-16,19,25-26,30-31H,9-12,17-18,20H2,1-3H3,(H,34,36)(H,35,39)/p+1. The van der Waals surface area contributed by atoms with Gasteiger partial charge in [0.25, 0.3) is 0 Å². The molecule has 2 aliphatic carbocycles. The number of rotatable bonds is 13. The summed E-state index contributed by atoms with van der Waals surface area (Å²) in [6.45, 7) is 5.31. The molecule has 4 aromatic rings. The van der Waals surface area contributed by atoms with Gasteiger partial charge in [-0.25, -0.2) is 9.67 Å². The number of benzene rings is 2. The lowest BCUT2D eigenvalue weighted by Crippen LogP contribution is -2.31. The molecule has 1 amide bonds. The van der Waals surface area contributed by atoms with Crippen LogP contribution in [0.5, 0.6) is 0 Å². The van der Waals surface area contributed by atoms with Crippen molar-refractivity contribution >= 4 is 23.4 Å². The highest BCUT2D eigenvalue weighted by molar-refractivity contribution is 7.77. The van der Waals surface area contributed by atoms with Gasteiger partial charge in [0, 0.05) is 16.9 Å². The summed E-state index contributed by atoms with van der Waals surface area (Å²) in [5, 5.41) is 7.96. The highest BCUT2D eigenvalue weighted by Gasteiger charge is 2.49. The number of aromatic amines is 1. The Hall–Kier alpha value is -3.36. The third-order valence-corrected chi connectivity index (χ3v) is 9.10. The minimum Gasteiger partial charge on any atom is -0.354 e. The molecule has 1 unspecified atom stereocenters. The molecule has 2 N–H and O–H groups in total. The van der Waals surface area contributed by atoms with Crippen LogP contribution in [0.4, 0.5) is 5.69 Å². The summed E-state index contributed by atoms with van der Waals surface area (Å²) < 4.78 is 7.72. The van der Waals surface area contributed by atoms with Crippen molar-refractivity contribution < 1.29 is 9.53 Å². The summed E-state index contributed by atoms with van der Waals surface area (Å²) in [6, 6.07) is 18.3. The molecule has 0 radical (unpaired) electrons. The Labute approximate surface area is 246 Å². The van der Waals surface area contributed by atoms with Crippen molar-refractivity contribution in [2.24, 2.45) is 17.8 Å². The second kappa shape index (κ2) is 12.2. The Kier molecular flexibility index (Phi) is 8.30. The van der Waals surface area contributed by atoms with E-state index in [2.05, 4.69) is 47.7 Å². The molecule has 41 heavy (non-hydrogen) atoms. The average Bonchev–Trinajstić information content (AvgIpc) is 3.92. The predicted molar refractivity (Wildman–Crippen MR) is 167 cm³/mol. The molecule has 2 fully saturated rings. The number of aromatic nitrogens is 4. The lowest BCUT2D eigenvalue weighted by atomic mass is 9.82. The predicted octanol–water partition coefficient (Wildman–Crippen LogP) is 6.13. The fraction of sp³-hybridized carbons (Fsp3) is 0.424. The number of anilines is 1. The molecule has 2 heterocycles. The van der Waals surface area contributed by atoms with E-state index in [-0.39, 0.29) is 11.8 Å². The molecule has 214 valence electrons. The van der Waals surface area contributed by atoms with Crippen molar-refractivity contribution in [3.63, 3.8) is 0 Å². The largest absolute Gasteiger partial charge is 0.354 e. The van der Waals surface area contributed by atoms with Crippen molar-refractivity contribution in [2.45, 2.75) is 52.2 Å². The lowest BCUT2D eigenvalue weighted by molar-refractivity contribution is -0.119. The van der Waals surface area contributed by atoms with E-state index in [1.54, 1.807) is 0 Å². The molecule has 7 nitrogen and oxygen atoms in total. The number of H-pyrrole nitrogens is 1. The maximum Gasteiger partial charge on any atom is 0.235 e. The second-order valence-corrected chi connectivity index (χ2v) is 12.5. The molecule has 1 atom stereocenters. The summed E-state index contributed by atoms with van der Waals surface area (Å²) in [4.78, 5) is 22.3. The van der Waals surface area contributed by atoms with Gasteiger partial charge in [-0.05, 0) is 92.3 Å². The summed E-state index contributed by atoms with van der Waals surface area (Å²) in [5.41, 5.74) is 7.09. The molecule has 2 aromatic carbocycles. The van der Waals surface area contributed by atoms with Gasteiger partial charge < -0.3 is 15.0 Å². The highest BCUT2D eigenvalue weighted by atomic mass is 32.2. The SMILES string of the molecule is C[SH+]CCOCn1nc(C)c(-c2ccc(NC(=O)C(c3ncc(-c4ccccc4)[nH]3)C(C3CC3)C3CC3)cc2)c1C. The monoisotopic (exact) mass is 570 g/mol. The number of nitrogens with one attached hydrogen (secondary N) is 2. The van der Waals surface area contributed by atoms with E-state index in [9.17, 15) is 4.79 Å². The van der Waals surface area contributed by atoms with Crippen LogP contribution in [0.1, 0.15) is 48.8 Å². The molecule has 8 heteroatoms. The lowest BCUT2D eigenvalue weighted by Gasteiger charge is -2.25. The van der Waals surface area contributed by atoms with Crippen LogP contribution in [-0.2, 0) is 28.0 Å². The molecular weight excluding hydrogens is 530 g/mol. The normalized spacial score (nSPS) is 15.8.